The molecule has 3 rings (SSSR count). The molecule has 1 aliphatic rings. The quantitative estimate of drug-likeness (QED) is 0.824. The van der Waals surface area contributed by atoms with Crippen LogP contribution in [0.1, 0.15) is 38.2 Å². The van der Waals surface area contributed by atoms with E-state index in [9.17, 15) is 18.4 Å². The second-order valence-electron chi connectivity index (χ2n) is 7.81. The summed E-state index contributed by atoms with van der Waals surface area (Å²) in [7, 11) is 0. The van der Waals surface area contributed by atoms with Gasteiger partial charge in [-0.05, 0) is 39.8 Å². The molecule has 2 heterocycles. The van der Waals surface area contributed by atoms with Crippen LogP contribution in [-0.2, 0) is 4.74 Å². The summed E-state index contributed by atoms with van der Waals surface area (Å²) in [5.74, 6) is -2.20. The first kappa shape index (κ1) is 19.1. The van der Waals surface area contributed by atoms with Gasteiger partial charge in [0.25, 0.3) is 5.91 Å². The predicted molar refractivity (Wildman–Crippen MR) is 96.5 cm³/mol. The van der Waals surface area contributed by atoms with Gasteiger partial charge in [-0.15, -0.1) is 0 Å². The number of nitrogens with one attached hydrogen (secondary N) is 1. The van der Waals surface area contributed by atoms with Crippen molar-refractivity contribution in [1.29, 1.82) is 0 Å². The highest BCUT2D eigenvalue weighted by molar-refractivity contribution is 5.98. The number of hydrogen-bond acceptors (Lipinski definition) is 3. The number of H-pyrrole nitrogens is 1. The highest BCUT2D eigenvalue weighted by atomic mass is 19.2. The van der Waals surface area contributed by atoms with Crippen LogP contribution in [-0.4, -0.2) is 58.1 Å². The number of nitrogens with zero attached hydrogens (tertiary/aromatic N) is 2. The van der Waals surface area contributed by atoms with Gasteiger partial charge in [-0.2, -0.15) is 0 Å². The average Bonchev–Trinajstić information content (AvgIpc) is 2.95. The first-order chi connectivity index (χ1) is 12.5. The minimum Gasteiger partial charge on any atom is -0.444 e. The van der Waals surface area contributed by atoms with Crippen molar-refractivity contribution < 1.29 is 23.1 Å². The number of aromatic nitrogens is 1. The van der Waals surface area contributed by atoms with Crippen LogP contribution in [0.5, 0.6) is 0 Å². The summed E-state index contributed by atoms with van der Waals surface area (Å²) in [5, 5.41) is 0.428. The number of hydrogen-bond donors (Lipinski definition) is 1. The molecular formula is C19H23F2N3O3. The zero-order valence-electron chi connectivity index (χ0n) is 15.8. The molecule has 1 N–H and O–H groups in total. The molecule has 2 amide bonds. The summed E-state index contributed by atoms with van der Waals surface area (Å²) in [4.78, 5) is 31.1. The molecule has 6 nitrogen and oxygen atoms in total. The minimum absolute atomic E-state index is 0.223. The zero-order chi connectivity index (χ0) is 19.9. The predicted octanol–water partition coefficient (Wildman–Crippen LogP) is 3.53. The maximum absolute atomic E-state index is 13.4. The van der Waals surface area contributed by atoms with Crippen molar-refractivity contribution in [2.75, 3.05) is 19.6 Å². The molecule has 0 spiro atoms. The van der Waals surface area contributed by atoms with Crippen molar-refractivity contribution in [1.82, 2.24) is 14.8 Å². The van der Waals surface area contributed by atoms with Crippen molar-refractivity contribution in [3.8, 4) is 0 Å². The van der Waals surface area contributed by atoms with Gasteiger partial charge in [-0.1, -0.05) is 0 Å². The van der Waals surface area contributed by atoms with Crippen LogP contribution in [0.3, 0.4) is 0 Å². The first-order valence-corrected chi connectivity index (χ1v) is 8.82. The van der Waals surface area contributed by atoms with Gasteiger partial charge < -0.3 is 19.5 Å². The van der Waals surface area contributed by atoms with Crippen molar-refractivity contribution in [3.05, 3.63) is 35.5 Å². The van der Waals surface area contributed by atoms with Crippen molar-refractivity contribution in [2.24, 2.45) is 0 Å². The van der Waals surface area contributed by atoms with Gasteiger partial charge in [0.1, 0.15) is 11.3 Å². The van der Waals surface area contributed by atoms with Crippen molar-refractivity contribution in [3.63, 3.8) is 0 Å². The monoisotopic (exact) mass is 379 g/mol. The third-order valence-electron chi connectivity index (χ3n) is 4.43. The SMILES string of the molecule is C[C@H]1CN(C(=O)OC(C)(C)C)CCN1C(=O)c1cc2cc(F)c(F)cc2[nH]1. The highest BCUT2D eigenvalue weighted by Crippen LogP contribution is 2.22. The fourth-order valence-corrected chi connectivity index (χ4v) is 3.15. The molecule has 0 unspecified atom stereocenters. The lowest BCUT2D eigenvalue weighted by molar-refractivity contribution is 0.00608. The topological polar surface area (TPSA) is 65.6 Å². The molecule has 146 valence electrons. The number of rotatable bonds is 1. The lowest BCUT2D eigenvalue weighted by Crippen LogP contribution is -2.56. The smallest absolute Gasteiger partial charge is 0.410 e. The molecule has 0 bridgehead atoms. The molecule has 1 aromatic carbocycles. The fraction of sp³-hybridized carbons (Fsp3) is 0.474. The second kappa shape index (κ2) is 6.83. The number of amides is 2. The zero-order valence-corrected chi connectivity index (χ0v) is 15.8. The molecule has 1 atom stereocenters. The van der Waals surface area contributed by atoms with Gasteiger partial charge in [-0.3, -0.25) is 4.79 Å². The molecule has 0 aliphatic carbocycles. The van der Waals surface area contributed by atoms with E-state index in [1.165, 1.54) is 6.07 Å². The number of fused-ring (bicyclic) bond motifs is 1. The number of aromatic amines is 1. The standard InChI is InChI=1S/C19H23F2N3O3/c1-11-10-23(18(26)27-19(2,3)4)5-6-24(11)17(25)16-8-12-7-13(20)14(21)9-15(12)22-16/h7-9,11,22H,5-6,10H2,1-4H3/t11-/m0/s1. The Morgan fingerprint density at radius 2 is 1.81 bits per heavy atom. The Balaban J connectivity index is 1.72. The normalized spacial score (nSPS) is 18.1. The third-order valence-corrected chi connectivity index (χ3v) is 4.43. The van der Waals surface area contributed by atoms with Crippen LogP contribution in [0, 0.1) is 11.6 Å². The van der Waals surface area contributed by atoms with Crippen LogP contribution < -0.4 is 0 Å². The van der Waals surface area contributed by atoms with E-state index in [4.69, 9.17) is 4.74 Å². The van der Waals surface area contributed by atoms with E-state index in [2.05, 4.69) is 4.98 Å². The van der Waals surface area contributed by atoms with E-state index in [1.807, 2.05) is 6.92 Å². The Kier molecular flexibility index (Phi) is 4.84. The average molecular weight is 379 g/mol. The number of benzene rings is 1. The Labute approximate surface area is 156 Å². The van der Waals surface area contributed by atoms with Crippen LogP contribution >= 0.6 is 0 Å². The first-order valence-electron chi connectivity index (χ1n) is 8.82. The van der Waals surface area contributed by atoms with E-state index in [-0.39, 0.29) is 17.6 Å². The van der Waals surface area contributed by atoms with E-state index >= 15 is 0 Å². The van der Waals surface area contributed by atoms with Crippen LogP contribution in [0.15, 0.2) is 18.2 Å². The molecule has 27 heavy (non-hydrogen) atoms. The molecule has 0 saturated carbocycles. The Morgan fingerprint density at radius 3 is 2.44 bits per heavy atom. The summed E-state index contributed by atoms with van der Waals surface area (Å²) in [6.45, 7) is 8.30. The molecule has 1 aromatic heterocycles. The second-order valence-corrected chi connectivity index (χ2v) is 7.81. The summed E-state index contributed by atoms with van der Waals surface area (Å²) in [6.07, 6.45) is -0.405. The number of carbonyl (C=O) groups is 2. The Hall–Kier alpha value is -2.64. The van der Waals surface area contributed by atoms with Crippen LogP contribution in [0.2, 0.25) is 0 Å². The number of carbonyl (C=O) groups excluding carboxylic acids is 2. The Bertz CT molecular complexity index is 849. The van der Waals surface area contributed by atoms with E-state index in [1.54, 1.807) is 30.6 Å². The summed E-state index contributed by atoms with van der Waals surface area (Å²) in [5.41, 5.74) is 0.0344. The van der Waals surface area contributed by atoms with Gasteiger partial charge in [0.15, 0.2) is 11.6 Å². The molecule has 0 radical (unpaired) electrons. The van der Waals surface area contributed by atoms with E-state index < -0.39 is 23.3 Å². The minimum atomic E-state index is -0.970. The molecule has 1 fully saturated rings. The summed E-state index contributed by atoms with van der Waals surface area (Å²) < 4.78 is 32.1. The lowest BCUT2D eigenvalue weighted by Gasteiger charge is -2.40. The highest BCUT2D eigenvalue weighted by Gasteiger charge is 2.33. The van der Waals surface area contributed by atoms with Gasteiger partial charge >= 0.3 is 6.09 Å². The maximum Gasteiger partial charge on any atom is 0.410 e. The maximum atomic E-state index is 13.4. The third kappa shape index (κ3) is 4.04. The summed E-state index contributed by atoms with van der Waals surface area (Å²) in [6, 6.07) is 3.37. The fourth-order valence-electron chi connectivity index (χ4n) is 3.15. The van der Waals surface area contributed by atoms with E-state index in [0.717, 1.165) is 12.1 Å². The van der Waals surface area contributed by atoms with Gasteiger partial charge in [0, 0.05) is 42.6 Å². The molecule has 1 saturated heterocycles. The number of halogens is 2. The lowest BCUT2D eigenvalue weighted by atomic mass is 10.1. The molecular weight excluding hydrogens is 356 g/mol. The van der Waals surface area contributed by atoms with Gasteiger partial charge in [-0.25, -0.2) is 13.6 Å². The van der Waals surface area contributed by atoms with Gasteiger partial charge in [0.2, 0.25) is 0 Å². The van der Waals surface area contributed by atoms with E-state index in [0.29, 0.717) is 30.5 Å². The summed E-state index contributed by atoms with van der Waals surface area (Å²) >= 11 is 0. The van der Waals surface area contributed by atoms with Crippen LogP contribution in [0.25, 0.3) is 10.9 Å². The molecule has 8 heteroatoms. The van der Waals surface area contributed by atoms with Crippen molar-refractivity contribution in [2.45, 2.75) is 39.3 Å². The molecule has 2 aromatic rings. The largest absolute Gasteiger partial charge is 0.444 e. The van der Waals surface area contributed by atoms with Crippen LogP contribution in [0.4, 0.5) is 13.6 Å². The van der Waals surface area contributed by atoms with Gasteiger partial charge in [0.05, 0.1) is 0 Å². The Morgan fingerprint density at radius 1 is 1.15 bits per heavy atom. The number of piperazine rings is 1. The number of ether oxygens (including phenoxy) is 1. The van der Waals surface area contributed by atoms with Crippen molar-refractivity contribution >= 4 is 22.9 Å². The molecule has 1 aliphatic heterocycles.